The summed E-state index contributed by atoms with van der Waals surface area (Å²) in [5.74, 6) is 0. The highest BCUT2D eigenvalue weighted by atomic mass is 32.1. The van der Waals surface area contributed by atoms with E-state index in [1.54, 1.807) is 0 Å². The third-order valence-corrected chi connectivity index (χ3v) is 10.1. The Bertz CT molecular complexity index is 809. The third kappa shape index (κ3) is 17.8. The van der Waals surface area contributed by atoms with Crippen molar-refractivity contribution in [2.24, 2.45) is 0 Å². The quantitative estimate of drug-likeness (QED) is 0.0884. The van der Waals surface area contributed by atoms with Crippen LogP contribution >= 0.6 is 11.3 Å². The van der Waals surface area contributed by atoms with Gasteiger partial charge in [-0.3, -0.25) is 0 Å². The van der Waals surface area contributed by atoms with Crippen molar-refractivity contribution < 1.29 is 4.74 Å². The lowest BCUT2D eigenvalue weighted by Gasteiger charge is -2.05. The van der Waals surface area contributed by atoms with Gasteiger partial charge in [-0.2, -0.15) is 0 Å². The van der Waals surface area contributed by atoms with Crippen molar-refractivity contribution in [2.45, 2.75) is 187 Å². The van der Waals surface area contributed by atoms with Gasteiger partial charge in [-0.25, -0.2) is 0 Å². The Labute approximate surface area is 254 Å². The van der Waals surface area contributed by atoms with Gasteiger partial charge in [0.05, 0.1) is 6.61 Å². The molecule has 0 saturated heterocycles. The van der Waals surface area contributed by atoms with E-state index in [0.717, 1.165) is 13.2 Å². The topological polar surface area (TPSA) is 9.23 Å². The molecule has 0 radical (unpaired) electrons. The van der Waals surface area contributed by atoms with Gasteiger partial charge in [0.2, 0.25) is 0 Å². The van der Waals surface area contributed by atoms with E-state index >= 15 is 0 Å². The third-order valence-electron chi connectivity index (χ3n) is 8.82. The second kappa shape index (κ2) is 25.8. The van der Waals surface area contributed by atoms with Crippen molar-refractivity contribution >= 4 is 21.4 Å². The summed E-state index contributed by atoms with van der Waals surface area (Å²) < 4.78 is 7.38. The Morgan fingerprint density at radius 3 is 1.27 bits per heavy atom. The van der Waals surface area contributed by atoms with Crippen molar-refractivity contribution in [2.75, 3.05) is 6.61 Å². The molecule has 2 rings (SSSR count). The monoisotopic (exact) mass is 570 g/mol. The zero-order chi connectivity index (χ0) is 28.4. The molecule has 0 saturated carbocycles. The summed E-state index contributed by atoms with van der Waals surface area (Å²) in [5, 5.41) is 1.39. The lowest BCUT2D eigenvalue weighted by atomic mass is 10.0. The van der Waals surface area contributed by atoms with E-state index in [0.29, 0.717) is 0 Å². The number of hydrogen-bond donors (Lipinski definition) is 0. The molecule has 1 aromatic heterocycles. The van der Waals surface area contributed by atoms with Gasteiger partial charge in [0.25, 0.3) is 0 Å². The van der Waals surface area contributed by atoms with E-state index < -0.39 is 0 Å². The van der Waals surface area contributed by atoms with Gasteiger partial charge in [0.1, 0.15) is 0 Å². The summed E-state index contributed by atoms with van der Waals surface area (Å²) in [7, 11) is 0. The number of rotatable bonds is 29. The van der Waals surface area contributed by atoms with Crippen LogP contribution in [0.25, 0.3) is 10.1 Å². The van der Waals surface area contributed by atoms with Crippen LogP contribution in [0, 0.1) is 6.92 Å². The van der Waals surface area contributed by atoms with Crippen molar-refractivity contribution in [3.63, 3.8) is 0 Å². The molecule has 0 aliphatic rings. The van der Waals surface area contributed by atoms with E-state index in [1.807, 2.05) is 11.3 Å². The second-order valence-corrected chi connectivity index (χ2v) is 13.7. The molecule has 0 amide bonds. The number of thiophene rings is 1. The average molecular weight is 571 g/mol. The van der Waals surface area contributed by atoms with E-state index in [-0.39, 0.29) is 0 Å². The van der Waals surface area contributed by atoms with Gasteiger partial charge in [0.15, 0.2) is 0 Å². The Morgan fingerprint density at radius 2 is 0.875 bits per heavy atom. The molecular formula is C38H66OS. The Kier molecular flexibility index (Phi) is 22.8. The number of unbranched alkanes of at least 4 members (excludes halogenated alkanes) is 25. The smallest absolute Gasteiger partial charge is 0.0812 e. The first-order valence-electron chi connectivity index (χ1n) is 17.9. The predicted octanol–water partition coefficient (Wildman–Crippen LogP) is 13.9. The number of aryl methyl sites for hydroxylation is 1. The standard InChI is InChI=1S/C38H66OS/c1-3-4-5-6-7-8-9-10-11-12-13-14-15-16-17-18-19-20-21-22-23-24-25-26-27-30-33-39-34-38-35(2)36-31-28-29-32-37(36)40-38/h28-29,31-32H,3-27,30,33-34H2,1-2H3. The first-order valence-corrected chi connectivity index (χ1v) is 18.7. The van der Waals surface area contributed by atoms with Crippen molar-refractivity contribution in [1.82, 2.24) is 0 Å². The summed E-state index contributed by atoms with van der Waals surface area (Å²) >= 11 is 1.89. The largest absolute Gasteiger partial charge is 0.376 e. The molecule has 2 heteroatoms. The fourth-order valence-corrected chi connectivity index (χ4v) is 7.20. The summed E-state index contributed by atoms with van der Waals surface area (Å²) in [4.78, 5) is 1.40. The maximum absolute atomic E-state index is 6.00. The summed E-state index contributed by atoms with van der Waals surface area (Å²) in [6, 6.07) is 8.71. The number of ether oxygens (including phenoxy) is 1. The lowest BCUT2D eigenvalue weighted by Crippen LogP contribution is -1.95. The van der Waals surface area contributed by atoms with Crippen LogP contribution in [0.2, 0.25) is 0 Å². The molecule has 0 bridgehead atoms. The van der Waals surface area contributed by atoms with E-state index in [9.17, 15) is 0 Å². The molecule has 0 unspecified atom stereocenters. The molecule has 1 nitrogen and oxygen atoms in total. The van der Waals surface area contributed by atoms with Gasteiger partial charge in [-0.05, 0) is 30.4 Å². The molecular weight excluding hydrogens is 504 g/mol. The van der Waals surface area contributed by atoms with Crippen LogP contribution in [0.5, 0.6) is 0 Å². The Morgan fingerprint density at radius 1 is 0.500 bits per heavy atom. The van der Waals surface area contributed by atoms with Crippen LogP contribution in [0.3, 0.4) is 0 Å². The maximum atomic E-state index is 6.00. The van der Waals surface area contributed by atoms with Crippen molar-refractivity contribution in [3.8, 4) is 0 Å². The molecule has 0 aliphatic carbocycles. The highest BCUT2D eigenvalue weighted by Crippen LogP contribution is 2.31. The normalized spacial score (nSPS) is 11.7. The number of fused-ring (bicyclic) bond motifs is 1. The fourth-order valence-electron chi connectivity index (χ4n) is 6.05. The maximum Gasteiger partial charge on any atom is 0.0812 e. The molecule has 1 aromatic carbocycles. The Balaban J connectivity index is 1.21. The lowest BCUT2D eigenvalue weighted by molar-refractivity contribution is 0.118. The number of benzene rings is 1. The van der Waals surface area contributed by atoms with Gasteiger partial charge < -0.3 is 4.74 Å². The first kappa shape index (κ1) is 35.3. The SMILES string of the molecule is CCCCCCCCCCCCCCCCCCCCCCCCCCCCOCc1sc2ccccc2c1C. The minimum Gasteiger partial charge on any atom is -0.376 e. The minimum atomic E-state index is 0.782. The van der Waals surface area contributed by atoms with Crippen molar-refractivity contribution in [3.05, 3.63) is 34.7 Å². The zero-order valence-corrected chi connectivity index (χ0v) is 27.7. The van der Waals surface area contributed by atoms with Gasteiger partial charge >= 0.3 is 0 Å². The highest BCUT2D eigenvalue weighted by Gasteiger charge is 2.07. The highest BCUT2D eigenvalue weighted by molar-refractivity contribution is 7.19. The van der Waals surface area contributed by atoms with Gasteiger partial charge in [-0.15, -0.1) is 11.3 Å². The van der Waals surface area contributed by atoms with Crippen LogP contribution < -0.4 is 0 Å². The molecule has 0 aliphatic heterocycles. The summed E-state index contributed by atoms with van der Waals surface area (Å²) in [5.41, 5.74) is 1.41. The van der Waals surface area contributed by atoms with Crippen LogP contribution in [-0.2, 0) is 11.3 Å². The molecule has 1 heterocycles. The van der Waals surface area contributed by atoms with Crippen LogP contribution in [0.15, 0.2) is 24.3 Å². The fraction of sp³-hybridized carbons (Fsp3) is 0.789. The molecule has 0 N–H and O–H groups in total. The van der Waals surface area contributed by atoms with E-state index in [1.165, 1.54) is 187 Å². The van der Waals surface area contributed by atoms with Crippen LogP contribution in [0.4, 0.5) is 0 Å². The summed E-state index contributed by atoms with van der Waals surface area (Å²) in [6.07, 6.45) is 37.6. The summed E-state index contributed by atoms with van der Waals surface area (Å²) in [6.45, 7) is 6.23. The molecule has 230 valence electrons. The molecule has 0 atom stereocenters. The molecule has 40 heavy (non-hydrogen) atoms. The van der Waals surface area contributed by atoms with Crippen molar-refractivity contribution in [1.29, 1.82) is 0 Å². The zero-order valence-electron chi connectivity index (χ0n) is 26.9. The van der Waals surface area contributed by atoms with Gasteiger partial charge in [-0.1, -0.05) is 186 Å². The van der Waals surface area contributed by atoms with Gasteiger partial charge in [0, 0.05) is 16.2 Å². The van der Waals surface area contributed by atoms with E-state index in [2.05, 4.69) is 38.1 Å². The van der Waals surface area contributed by atoms with Crippen LogP contribution in [0.1, 0.15) is 184 Å². The average Bonchev–Trinajstić information content (AvgIpc) is 3.29. The molecule has 0 spiro atoms. The van der Waals surface area contributed by atoms with E-state index in [4.69, 9.17) is 4.74 Å². The predicted molar refractivity (Wildman–Crippen MR) is 182 cm³/mol. The Hall–Kier alpha value is -0.860. The molecule has 2 aromatic rings. The minimum absolute atomic E-state index is 0.782. The second-order valence-electron chi connectivity index (χ2n) is 12.5. The van der Waals surface area contributed by atoms with Crippen LogP contribution in [-0.4, -0.2) is 6.61 Å². The number of hydrogen-bond acceptors (Lipinski definition) is 2. The molecule has 0 fully saturated rings. The first-order chi connectivity index (χ1) is 19.8.